The highest BCUT2D eigenvalue weighted by Crippen LogP contribution is 2.16. The first-order valence-electron chi connectivity index (χ1n) is 5.25. The van der Waals surface area contributed by atoms with Gasteiger partial charge in [0.2, 0.25) is 0 Å². The second kappa shape index (κ2) is 6.79. The molecule has 0 saturated heterocycles. The number of amides is 1. The van der Waals surface area contributed by atoms with E-state index in [0.29, 0.717) is 11.6 Å². The molecule has 1 aromatic rings. The highest BCUT2D eigenvalue weighted by atomic mass is 35.5. The molecule has 0 aromatic carbocycles. The van der Waals surface area contributed by atoms with E-state index in [-0.39, 0.29) is 16.8 Å². The Morgan fingerprint density at radius 2 is 2.12 bits per heavy atom. The molecule has 0 spiro atoms. The van der Waals surface area contributed by atoms with Crippen molar-refractivity contribution in [3.8, 4) is 0 Å². The first kappa shape index (κ1) is 14.2. The maximum atomic E-state index is 11.7. The molecule has 0 bridgehead atoms. The van der Waals surface area contributed by atoms with Gasteiger partial charge < -0.3 is 10.2 Å². The van der Waals surface area contributed by atoms with Gasteiger partial charge in [0.15, 0.2) is 0 Å². The Balaban J connectivity index is 2.49. The van der Waals surface area contributed by atoms with Crippen LogP contribution in [0.3, 0.4) is 0 Å². The summed E-state index contributed by atoms with van der Waals surface area (Å²) in [6, 6.07) is 3.11. The third-order valence-corrected chi connectivity index (χ3v) is 2.61. The van der Waals surface area contributed by atoms with Crippen LogP contribution in [0.25, 0.3) is 0 Å². The van der Waals surface area contributed by atoms with E-state index in [1.807, 2.05) is 14.1 Å². The fraction of sp³-hybridized carbons (Fsp3) is 0.455. The number of nitrogens with zero attached hydrogens (tertiary/aromatic N) is 2. The molecule has 1 N–H and O–H groups in total. The van der Waals surface area contributed by atoms with E-state index >= 15 is 0 Å². The summed E-state index contributed by atoms with van der Waals surface area (Å²) in [5.74, 6) is -0.295. The van der Waals surface area contributed by atoms with E-state index in [1.54, 1.807) is 12.1 Å². The summed E-state index contributed by atoms with van der Waals surface area (Å²) in [6.45, 7) is 1.50. The van der Waals surface area contributed by atoms with Gasteiger partial charge in [-0.3, -0.25) is 4.79 Å². The van der Waals surface area contributed by atoms with Crippen molar-refractivity contribution in [3.05, 3.63) is 28.0 Å². The van der Waals surface area contributed by atoms with Crippen molar-refractivity contribution in [2.45, 2.75) is 6.42 Å². The maximum Gasteiger partial charge on any atom is 0.271 e. The summed E-state index contributed by atoms with van der Waals surface area (Å²) in [5.41, 5.74) is 0.170. The van der Waals surface area contributed by atoms with Gasteiger partial charge >= 0.3 is 0 Å². The lowest BCUT2D eigenvalue weighted by molar-refractivity contribution is 0.0947. The number of hydrogen-bond donors (Lipinski definition) is 1. The lowest BCUT2D eigenvalue weighted by atomic mass is 10.3. The Morgan fingerprint density at radius 1 is 1.41 bits per heavy atom. The van der Waals surface area contributed by atoms with Crippen LogP contribution in [0.2, 0.25) is 10.2 Å². The van der Waals surface area contributed by atoms with Crippen LogP contribution < -0.4 is 5.32 Å². The number of rotatable bonds is 5. The van der Waals surface area contributed by atoms with Crippen molar-refractivity contribution in [1.29, 1.82) is 0 Å². The highest BCUT2D eigenvalue weighted by molar-refractivity contribution is 6.34. The summed E-state index contributed by atoms with van der Waals surface area (Å²) in [7, 11) is 3.97. The Morgan fingerprint density at radius 3 is 2.76 bits per heavy atom. The molecule has 1 aromatic heterocycles. The zero-order valence-electron chi connectivity index (χ0n) is 9.83. The highest BCUT2D eigenvalue weighted by Gasteiger charge is 2.11. The van der Waals surface area contributed by atoms with Gasteiger partial charge in [0, 0.05) is 6.54 Å². The Kier molecular flexibility index (Phi) is 5.68. The molecule has 0 unspecified atom stereocenters. The predicted molar refractivity (Wildman–Crippen MR) is 69.8 cm³/mol. The standard InChI is InChI=1S/C11H15Cl2N3O/c1-16(2)7-3-6-14-11(17)10-8(12)4-5-9(13)15-10/h4-5H,3,6-7H2,1-2H3,(H,14,17). The average molecular weight is 276 g/mol. The zero-order valence-corrected chi connectivity index (χ0v) is 11.3. The first-order valence-corrected chi connectivity index (χ1v) is 6.01. The minimum absolute atomic E-state index is 0.170. The topological polar surface area (TPSA) is 45.2 Å². The number of pyridine rings is 1. The second-order valence-corrected chi connectivity index (χ2v) is 4.67. The lowest BCUT2D eigenvalue weighted by Crippen LogP contribution is -2.28. The molecule has 0 radical (unpaired) electrons. The van der Waals surface area contributed by atoms with E-state index < -0.39 is 0 Å². The van der Waals surface area contributed by atoms with Gasteiger partial charge in [-0.1, -0.05) is 23.2 Å². The molecule has 1 heterocycles. The number of halogens is 2. The van der Waals surface area contributed by atoms with Crippen molar-refractivity contribution in [2.24, 2.45) is 0 Å². The van der Waals surface area contributed by atoms with Crippen LogP contribution in [0.4, 0.5) is 0 Å². The summed E-state index contributed by atoms with van der Waals surface area (Å²) >= 11 is 11.6. The molecule has 94 valence electrons. The van der Waals surface area contributed by atoms with Gasteiger partial charge in [-0.15, -0.1) is 0 Å². The molecule has 0 aliphatic heterocycles. The molecule has 0 saturated carbocycles. The summed E-state index contributed by atoms with van der Waals surface area (Å²) < 4.78 is 0. The Labute approximate surface area is 111 Å². The molecule has 0 aliphatic carbocycles. The van der Waals surface area contributed by atoms with Crippen LogP contribution in [-0.4, -0.2) is 43.0 Å². The van der Waals surface area contributed by atoms with Crippen LogP contribution in [-0.2, 0) is 0 Å². The lowest BCUT2D eigenvalue weighted by Gasteiger charge is -2.10. The SMILES string of the molecule is CN(C)CCCNC(=O)c1nc(Cl)ccc1Cl. The zero-order chi connectivity index (χ0) is 12.8. The second-order valence-electron chi connectivity index (χ2n) is 3.88. The van der Waals surface area contributed by atoms with Crippen molar-refractivity contribution in [3.63, 3.8) is 0 Å². The van der Waals surface area contributed by atoms with Gasteiger partial charge in [-0.2, -0.15) is 0 Å². The molecule has 0 fully saturated rings. The van der Waals surface area contributed by atoms with Crippen molar-refractivity contribution in [1.82, 2.24) is 15.2 Å². The van der Waals surface area contributed by atoms with E-state index in [9.17, 15) is 4.79 Å². The van der Waals surface area contributed by atoms with E-state index in [2.05, 4.69) is 15.2 Å². The predicted octanol–water partition coefficient (Wildman–Crippen LogP) is 2.07. The maximum absolute atomic E-state index is 11.7. The number of aromatic nitrogens is 1. The monoisotopic (exact) mass is 275 g/mol. The Hall–Kier alpha value is -0.840. The van der Waals surface area contributed by atoms with Crippen LogP contribution in [0, 0.1) is 0 Å². The van der Waals surface area contributed by atoms with Gasteiger partial charge in [0.05, 0.1) is 5.02 Å². The average Bonchev–Trinajstić information content (AvgIpc) is 2.27. The molecule has 1 rings (SSSR count). The van der Waals surface area contributed by atoms with Crippen LogP contribution >= 0.6 is 23.2 Å². The molecule has 6 heteroatoms. The van der Waals surface area contributed by atoms with Crippen LogP contribution in [0.5, 0.6) is 0 Å². The van der Waals surface area contributed by atoms with E-state index in [4.69, 9.17) is 23.2 Å². The van der Waals surface area contributed by atoms with Crippen molar-refractivity contribution < 1.29 is 4.79 Å². The minimum Gasteiger partial charge on any atom is -0.351 e. The molecule has 1 amide bonds. The largest absolute Gasteiger partial charge is 0.351 e. The summed E-state index contributed by atoms with van der Waals surface area (Å²) in [4.78, 5) is 17.7. The van der Waals surface area contributed by atoms with Crippen LogP contribution in [0.1, 0.15) is 16.9 Å². The van der Waals surface area contributed by atoms with E-state index in [0.717, 1.165) is 13.0 Å². The number of nitrogens with one attached hydrogen (secondary N) is 1. The first-order chi connectivity index (χ1) is 8.00. The fourth-order valence-corrected chi connectivity index (χ4v) is 1.60. The summed E-state index contributed by atoms with van der Waals surface area (Å²) in [5, 5.41) is 3.31. The fourth-order valence-electron chi connectivity index (χ4n) is 1.26. The quantitative estimate of drug-likeness (QED) is 0.661. The van der Waals surface area contributed by atoms with Crippen molar-refractivity contribution in [2.75, 3.05) is 27.2 Å². The van der Waals surface area contributed by atoms with Gasteiger partial charge in [-0.05, 0) is 39.2 Å². The minimum atomic E-state index is -0.295. The molecule has 0 aliphatic rings. The third-order valence-electron chi connectivity index (χ3n) is 2.09. The molecular weight excluding hydrogens is 261 g/mol. The van der Waals surface area contributed by atoms with Gasteiger partial charge in [-0.25, -0.2) is 4.98 Å². The molecule has 4 nitrogen and oxygen atoms in total. The number of carbonyl (C=O) groups is 1. The summed E-state index contributed by atoms with van der Waals surface area (Å²) in [6.07, 6.45) is 0.872. The third kappa shape index (κ3) is 4.89. The molecule has 0 atom stereocenters. The Bertz CT molecular complexity index is 396. The molecule has 17 heavy (non-hydrogen) atoms. The van der Waals surface area contributed by atoms with Gasteiger partial charge in [0.25, 0.3) is 5.91 Å². The van der Waals surface area contributed by atoms with Gasteiger partial charge in [0.1, 0.15) is 10.8 Å². The smallest absolute Gasteiger partial charge is 0.271 e. The molecular formula is C11H15Cl2N3O. The van der Waals surface area contributed by atoms with Crippen LogP contribution in [0.15, 0.2) is 12.1 Å². The van der Waals surface area contributed by atoms with Crippen molar-refractivity contribution >= 4 is 29.1 Å². The normalized spacial score (nSPS) is 10.6. The number of hydrogen-bond acceptors (Lipinski definition) is 3. The van der Waals surface area contributed by atoms with E-state index in [1.165, 1.54) is 0 Å². The number of carbonyl (C=O) groups excluding carboxylic acids is 1.